The van der Waals surface area contributed by atoms with Crippen molar-refractivity contribution in [1.82, 2.24) is 20.1 Å². The second-order valence-corrected chi connectivity index (χ2v) is 7.20. The van der Waals surface area contributed by atoms with Crippen LogP contribution < -0.4 is 10.5 Å². The van der Waals surface area contributed by atoms with Gasteiger partial charge in [0.05, 0.1) is 29.1 Å². The molecular weight excluding hydrogens is 374 g/mol. The van der Waals surface area contributed by atoms with Crippen molar-refractivity contribution in [2.24, 2.45) is 0 Å². The Kier molecular flexibility index (Phi) is 5.29. The number of nitrogens with two attached hydrogens (primary N) is 1. The van der Waals surface area contributed by atoms with Crippen molar-refractivity contribution in [2.75, 3.05) is 12.3 Å². The average molecular weight is 393 g/mol. The van der Waals surface area contributed by atoms with Crippen LogP contribution in [-0.2, 0) is 12.8 Å². The lowest BCUT2D eigenvalue weighted by Gasteiger charge is -2.05. The fourth-order valence-corrected chi connectivity index (χ4v) is 3.53. The first-order chi connectivity index (χ1) is 13.7. The SMILES string of the molecule is Cc1ncsc1CCOc1ccc(Cc2cc(-c3cccnc3N)on2)cn1. The van der Waals surface area contributed by atoms with E-state index in [9.17, 15) is 0 Å². The van der Waals surface area contributed by atoms with Crippen LogP contribution in [0.4, 0.5) is 5.82 Å². The molecule has 142 valence electrons. The molecule has 0 unspecified atom stereocenters. The maximum absolute atomic E-state index is 5.88. The monoisotopic (exact) mass is 393 g/mol. The lowest BCUT2D eigenvalue weighted by atomic mass is 10.1. The number of hydrogen-bond donors (Lipinski definition) is 1. The van der Waals surface area contributed by atoms with Gasteiger partial charge < -0.3 is 15.0 Å². The molecule has 7 nitrogen and oxygen atoms in total. The number of hydrogen-bond acceptors (Lipinski definition) is 8. The summed E-state index contributed by atoms with van der Waals surface area (Å²) in [7, 11) is 0. The topological polar surface area (TPSA) is 100.0 Å². The van der Waals surface area contributed by atoms with Gasteiger partial charge in [-0.05, 0) is 24.6 Å². The van der Waals surface area contributed by atoms with E-state index in [4.69, 9.17) is 15.0 Å². The Bertz CT molecular complexity index is 1060. The highest BCUT2D eigenvalue weighted by molar-refractivity contribution is 7.09. The first-order valence-electron chi connectivity index (χ1n) is 8.82. The molecule has 0 saturated heterocycles. The maximum Gasteiger partial charge on any atom is 0.213 e. The Labute approximate surface area is 166 Å². The molecule has 8 heteroatoms. The largest absolute Gasteiger partial charge is 0.477 e. The van der Waals surface area contributed by atoms with E-state index < -0.39 is 0 Å². The van der Waals surface area contributed by atoms with Crippen LogP contribution in [0.5, 0.6) is 5.88 Å². The van der Waals surface area contributed by atoms with Gasteiger partial charge in [0.25, 0.3) is 0 Å². The lowest BCUT2D eigenvalue weighted by molar-refractivity contribution is 0.310. The van der Waals surface area contributed by atoms with Crippen LogP contribution in [0.2, 0.25) is 0 Å². The van der Waals surface area contributed by atoms with Gasteiger partial charge >= 0.3 is 0 Å². The molecule has 0 aliphatic heterocycles. The van der Waals surface area contributed by atoms with Crippen LogP contribution in [0.1, 0.15) is 21.8 Å². The molecule has 0 atom stereocenters. The number of ether oxygens (including phenoxy) is 1. The lowest BCUT2D eigenvalue weighted by Crippen LogP contribution is -2.02. The Morgan fingerprint density at radius 3 is 2.86 bits per heavy atom. The molecule has 0 aromatic carbocycles. The Morgan fingerprint density at radius 2 is 2.11 bits per heavy atom. The second-order valence-electron chi connectivity index (χ2n) is 6.26. The summed E-state index contributed by atoms with van der Waals surface area (Å²) in [6.45, 7) is 2.59. The molecule has 2 N–H and O–H groups in total. The van der Waals surface area contributed by atoms with Crippen LogP contribution in [0.25, 0.3) is 11.3 Å². The zero-order chi connectivity index (χ0) is 19.3. The zero-order valence-corrected chi connectivity index (χ0v) is 16.1. The Hall–Kier alpha value is -3.26. The fraction of sp³-hybridized carbons (Fsp3) is 0.200. The van der Waals surface area contributed by atoms with Crippen molar-refractivity contribution in [3.05, 3.63) is 70.1 Å². The van der Waals surface area contributed by atoms with E-state index in [0.717, 1.165) is 28.9 Å². The van der Waals surface area contributed by atoms with Crippen LogP contribution in [0.15, 0.2) is 52.8 Å². The highest BCUT2D eigenvalue weighted by Crippen LogP contribution is 2.25. The predicted octanol–water partition coefficient (Wildman–Crippen LogP) is 3.69. The number of nitrogens with zero attached hydrogens (tertiary/aromatic N) is 4. The third-order valence-electron chi connectivity index (χ3n) is 4.27. The standard InChI is InChI=1S/C20H19N5O2S/c1-13-18(28-12-24-13)6-8-26-19-5-4-14(11-23-19)9-15-10-17(27-25-15)16-3-2-7-22-20(16)21/h2-5,7,10-12H,6,8-9H2,1H3,(H2,21,22). The number of aryl methyl sites for hydroxylation is 1. The second kappa shape index (κ2) is 8.18. The minimum Gasteiger partial charge on any atom is -0.477 e. The van der Waals surface area contributed by atoms with Gasteiger partial charge in [-0.1, -0.05) is 11.2 Å². The molecule has 4 heterocycles. The highest BCUT2D eigenvalue weighted by Gasteiger charge is 2.11. The normalized spacial score (nSPS) is 10.9. The molecule has 0 spiro atoms. The Balaban J connectivity index is 1.35. The summed E-state index contributed by atoms with van der Waals surface area (Å²) in [5, 5.41) is 4.12. The summed E-state index contributed by atoms with van der Waals surface area (Å²) in [4.78, 5) is 13.9. The summed E-state index contributed by atoms with van der Waals surface area (Å²) < 4.78 is 11.1. The fourth-order valence-electron chi connectivity index (χ4n) is 2.77. The molecule has 4 aromatic rings. The van der Waals surface area contributed by atoms with E-state index in [1.807, 2.05) is 42.8 Å². The summed E-state index contributed by atoms with van der Waals surface area (Å²) >= 11 is 1.65. The minimum atomic E-state index is 0.418. The molecule has 0 fully saturated rings. The van der Waals surface area contributed by atoms with Gasteiger partial charge in [0.15, 0.2) is 5.76 Å². The zero-order valence-electron chi connectivity index (χ0n) is 15.3. The van der Waals surface area contributed by atoms with E-state index in [0.29, 0.717) is 30.5 Å². The molecule has 0 saturated carbocycles. The highest BCUT2D eigenvalue weighted by atomic mass is 32.1. The van der Waals surface area contributed by atoms with Crippen molar-refractivity contribution >= 4 is 17.2 Å². The molecule has 4 rings (SSSR count). The summed E-state index contributed by atoms with van der Waals surface area (Å²) in [6.07, 6.45) is 4.88. The van der Waals surface area contributed by atoms with Gasteiger partial charge in [-0.25, -0.2) is 15.0 Å². The first-order valence-corrected chi connectivity index (χ1v) is 9.70. The van der Waals surface area contributed by atoms with Gasteiger partial charge in [0.2, 0.25) is 5.88 Å². The summed E-state index contributed by atoms with van der Waals surface area (Å²) in [5.74, 6) is 1.63. The van der Waals surface area contributed by atoms with Gasteiger partial charge in [-0.15, -0.1) is 11.3 Å². The number of pyridine rings is 2. The molecule has 0 amide bonds. The quantitative estimate of drug-likeness (QED) is 0.511. The predicted molar refractivity (Wildman–Crippen MR) is 107 cm³/mol. The number of thiazole rings is 1. The van der Waals surface area contributed by atoms with Gasteiger partial charge in [-0.2, -0.15) is 0 Å². The van der Waals surface area contributed by atoms with Crippen molar-refractivity contribution < 1.29 is 9.26 Å². The van der Waals surface area contributed by atoms with Gasteiger partial charge in [0.1, 0.15) is 5.82 Å². The van der Waals surface area contributed by atoms with Crippen LogP contribution in [0, 0.1) is 6.92 Å². The van der Waals surface area contributed by atoms with E-state index in [1.54, 1.807) is 23.7 Å². The number of aromatic nitrogens is 4. The molecule has 4 aromatic heterocycles. The molecule has 0 radical (unpaired) electrons. The molecule has 0 aliphatic carbocycles. The van der Waals surface area contributed by atoms with E-state index in [1.165, 1.54) is 4.88 Å². The summed E-state index contributed by atoms with van der Waals surface area (Å²) in [5.41, 5.74) is 11.4. The van der Waals surface area contributed by atoms with Crippen LogP contribution in [-0.4, -0.2) is 26.7 Å². The number of anilines is 1. The number of nitrogen functional groups attached to an aromatic ring is 1. The third-order valence-corrected chi connectivity index (χ3v) is 5.26. The Morgan fingerprint density at radius 1 is 1.18 bits per heavy atom. The van der Waals surface area contributed by atoms with E-state index in [2.05, 4.69) is 20.1 Å². The van der Waals surface area contributed by atoms with Crippen molar-refractivity contribution in [2.45, 2.75) is 19.8 Å². The van der Waals surface area contributed by atoms with Gasteiger partial charge in [-0.3, -0.25) is 0 Å². The molecule has 28 heavy (non-hydrogen) atoms. The third kappa shape index (κ3) is 4.17. The molecule has 0 bridgehead atoms. The first kappa shape index (κ1) is 18.1. The van der Waals surface area contributed by atoms with Crippen molar-refractivity contribution in [3.63, 3.8) is 0 Å². The van der Waals surface area contributed by atoms with E-state index in [-0.39, 0.29) is 0 Å². The summed E-state index contributed by atoms with van der Waals surface area (Å²) in [6, 6.07) is 9.39. The van der Waals surface area contributed by atoms with Gasteiger partial charge in [0, 0.05) is 42.2 Å². The average Bonchev–Trinajstić information content (AvgIpc) is 3.33. The van der Waals surface area contributed by atoms with Crippen LogP contribution in [0.3, 0.4) is 0 Å². The van der Waals surface area contributed by atoms with Crippen molar-refractivity contribution in [1.29, 1.82) is 0 Å². The molecular formula is C20H19N5O2S. The maximum atomic E-state index is 5.88. The number of rotatable bonds is 7. The minimum absolute atomic E-state index is 0.418. The molecule has 0 aliphatic rings. The smallest absolute Gasteiger partial charge is 0.213 e. The van der Waals surface area contributed by atoms with Crippen molar-refractivity contribution in [3.8, 4) is 17.2 Å². The van der Waals surface area contributed by atoms with Crippen LogP contribution >= 0.6 is 11.3 Å². The van der Waals surface area contributed by atoms with E-state index >= 15 is 0 Å².